The van der Waals surface area contributed by atoms with Crippen LogP contribution in [0.25, 0.3) is 11.5 Å². The smallest absolute Gasteiger partial charge is 0.251 e. The lowest BCUT2D eigenvalue weighted by atomic mass is 9.94. The van der Waals surface area contributed by atoms with Crippen LogP contribution in [0.3, 0.4) is 0 Å². The van der Waals surface area contributed by atoms with Crippen molar-refractivity contribution >= 4 is 0 Å². The molecule has 7 heteroatoms. The molecule has 0 bridgehead atoms. The van der Waals surface area contributed by atoms with Gasteiger partial charge in [0.05, 0.1) is 12.3 Å². The van der Waals surface area contributed by atoms with Crippen LogP contribution < -0.4 is 15.0 Å². The largest absolute Gasteiger partial charge is 0.490 e. The van der Waals surface area contributed by atoms with Gasteiger partial charge in [0, 0.05) is 31.3 Å². The second-order valence-corrected chi connectivity index (χ2v) is 8.02. The van der Waals surface area contributed by atoms with Gasteiger partial charge < -0.3 is 14.5 Å². The van der Waals surface area contributed by atoms with E-state index in [4.69, 9.17) is 20.9 Å². The topological polar surface area (TPSA) is 80.3 Å². The number of H-pyrrole nitrogens is 1. The quantitative estimate of drug-likeness (QED) is 0.535. The number of nitrogens with one attached hydrogen (secondary N) is 1. The SMILES string of the molecule is C#CCOc1ccc(CN2CCC[C@@H](c3cc(=O)[nH]c(-c4ccccn4)n3)C2)cc1OCC. The molecule has 0 unspecified atom stereocenters. The van der Waals surface area contributed by atoms with E-state index < -0.39 is 0 Å². The van der Waals surface area contributed by atoms with Gasteiger partial charge in [-0.1, -0.05) is 18.1 Å². The minimum atomic E-state index is -0.151. The van der Waals surface area contributed by atoms with Crippen molar-refractivity contribution in [2.75, 3.05) is 26.3 Å². The number of benzene rings is 1. The molecular weight excluding hydrogens is 416 g/mol. The maximum atomic E-state index is 12.3. The normalized spacial score (nSPS) is 16.2. The highest BCUT2D eigenvalue weighted by molar-refractivity contribution is 5.48. The van der Waals surface area contributed by atoms with Crippen LogP contribution in [0, 0.1) is 12.3 Å². The molecule has 2 aromatic heterocycles. The van der Waals surface area contributed by atoms with E-state index in [9.17, 15) is 4.79 Å². The van der Waals surface area contributed by atoms with Crippen molar-refractivity contribution < 1.29 is 9.47 Å². The van der Waals surface area contributed by atoms with Crippen LogP contribution in [0.15, 0.2) is 53.5 Å². The minimum absolute atomic E-state index is 0.151. The molecule has 33 heavy (non-hydrogen) atoms. The van der Waals surface area contributed by atoms with Crippen molar-refractivity contribution in [1.82, 2.24) is 19.9 Å². The minimum Gasteiger partial charge on any atom is -0.490 e. The number of hydrogen-bond acceptors (Lipinski definition) is 6. The Kier molecular flexibility index (Phi) is 7.38. The molecule has 1 aromatic carbocycles. The van der Waals surface area contributed by atoms with Gasteiger partial charge in [0.2, 0.25) is 0 Å². The highest BCUT2D eigenvalue weighted by Gasteiger charge is 2.24. The molecule has 170 valence electrons. The first-order valence-electron chi connectivity index (χ1n) is 11.2. The molecule has 1 N–H and O–H groups in total. The molecule has 0 radical (unpaired) electrons. The number of likely N-dealkylation sites (tertiary alicyclic amines) is 1. The molecule has 1 saturated heterocycles. The number of ether oxygens (including phenoxy) is 2. The summed E-state index contributed by atoms with van der Waals surface area (Å²) in [5.74, 6) is 4.55. The zero-order valence-electron chi connectivity index (χ0n) is 18.8. The molecule has 1 fully saturated rings. The summed E-state index contributed by atoms with van der Waals surface area (Å²) in [7, 11) is 0. The van der Waals surface area contributed by atoms with E-state index in [1.807, 2.05) is 43.3 Å². The van der Waals surface area contributed by atoms with Crippen molar-refractivity contribution in [3.63, 3.8) is 0 Å². The summed E-state index contributed by atoms with van der Waals surface area (Å²) in [6, 6.07) is 13.2. The summed E-state index contributed by atoms with van der Waals surface area (Å²) in [6.07, 6.45) is 9.05. The molecule has 0 amide bonds. The third-order valence-corrected chi connectivity index (χ3v) is 5.62. The Morgan fingerprint density at radius 1 is 1.21 bits per heavy atom. The molecular formula is C26H28N4O3. The summed E-state index contributed by atoms with van der Waals surface area (Å²) in [4.78, 5) is 26.6. The van der Waals surface area contributed by atoms with E-state index in [0.29, 0.717) is 29.6 Å². The first-order valence-corrected chi connectivity index (χ1v) is 11.2. The van der Waals surface area contributed by atoms with Crippen LogP contribution in [0.1, 0.15) is 36.9 Å². The third-order valence-electron chi connectivity index (χ3n) is 5.62. The van der Waals surface area contributed by atoms with Crippen molar-refractivity contribution in [3.8, 4) is 35.4 Å². The van der Waals surface area contributed by atoms with Gasteiger partial charge in [0.15, 0.2) is 17.3 Å². The molecule has 3 heterocycles. The second kappa shape index (κ2) is 10.8. The van der Waals surface area contributed by atoms with Crippen molar-refractivity contribution in [3.05, 3.63) is 70.3 Å². The van der Waals surface area contributed by atoms with Crippen molar-refractivity contribution in [2.24, 2.45) is 0 Å². The van der Waals surface area contributed by atoms with Crippen LogP contribution in [0.2, 0.25) is 0 Å². The third kappa shape index (κ3) is 5.79. The summed E-state index contributed by atoms with van der Waals surface area (Å²) in [6.45, 7) is 5.30. The van der Waals surface area contributed by atoms with E-state index in [1.54, 1.807) is 12.3 Å². The van der Waals surface area contributed by atoms with Crippen LogP contribution in [-0.2, 0) is 6.54 Å². The zero-order valence-corrected chi connectivity index (χ0v) is 18.8. The molecule has 1 atom stereocenters. The predicted octanol–water partition coefficient (Wildman–Crippen LogP) is 3.62. The number of piperidine rings is 1. The average molecular weight is 445 g/mol. The first kappa shape index (κ1) is 22.6. The highest BCUT2D eigenvalue weighted by Crippen LogP contribution is 2.31. The number of rotatable bonds is 8. The fourth-order valence-corrected chi connectivity index (χ4v) is 4.17. The summed E-state index contributed by atoms with van der Waals surface area (Å²) < 4.78 is 11.4. The molecule has 0 aliphatic carbocycles. The summed E-state index contributed by atoms with van der Waals surface area (Å²) in [5, 5.41) is 0. The number of aromatic amines is 1. The van der Waals surface area contributed by atoms with E-state index in [1.165, 1.54) is 0 Å². The van der Waals surface area contributed by atoms with Gasteiger partial charge in [0.25, 0.3) is 5.56 Å². The second-order valence-electron chi connectivity index (χ2n) is 8.02. The number of nitrogens with zero attached hydrogens (tertiary/aromatic N) is 3. The van der Waals surface area contributed by atoms with Gasteiger partial charge in [0.1, 0.15) is 12.3 Å². The van der Waals surface area contributed by atoms with Gasteiger partial charge in [-0.15, -0.1) is 6.42 Å². The van der Waals surface area contributed by atoms with Gasteiger partial charge in [-0.25, -0.2) is 4.98 Å². The maximum absolute atomic E-state index is 12.3. The summed E-state index contributed by atoms with van der Waals surface area (Å²) in [5.41, 5.74) is 2.47. The molecule has 1 aliphatic heterocycles. The fourth-order valence-electron chi connectivity index (χ4n) is 4.17. The molecule has 4 rings (SSSR count). The van der Waals surface area contributed by atoms with Gasteiger partial charge in [-0.05, 0) is 56.1 Å². The van der Waals surface area contributed by atoms with Gasteiger partial charge in [-0.2, -0.15) is 0 Å². The molecule has 1 aliphatic rings. The number of pyridine rings is 1. The molecule has 0 saturated carbocycles. The molecule has 7 nitrogen and oxygen atoms in total. The van der Waals surface area contributed by atoms with Gasteiger partial charge >= 0.3 is 0 Å². The van der Waals surface area contributed by atoms with Crippen LogP contribution in [0.4, 0.5) is 0 Å². The molecule has 3 aromatic rings. The number of hydrogen-bond donors (Lipinski definition) is 1. The fraction of sp³-hybridized carbons (Fsp3) is 0.346. The van der Waals surface area contributed by atoms with Crippen LogP contribution in [0.5, 0.6) is 11.5 Å². The number of terminal acetylenes is 1. The van der Waals surface area contributed by atoms with Gasteiger partial charge in [-0.3, -0.25) is 14.7 Å². The monoisotopic (exact) mass is 444 g/mol. The average Bonchev–Trinajstić information content (AvgIpc) is 2.84. The Hall–Kier alpha value is -3.63. The lowest BCUT2D eigenvalue weighted by Crippen LogP contribution is -2.34. The number of aromatic nitrogens is 3. The Labute approximate surface area is 193 Å². The van der Waals surface area contributed by atoms with Crippen molar-refractivity contribution in [1.29, 1.82) is 0 Å². The Morgan fingerprint density at radius 2 is 2.12 bits per heavy atom. The van der Waals surface area contributed by atoms with E-state index >= 15 is 0 Å². The Morgan fingerprint density at radius 3 is 2.91 bits per heavy atom. The van der Waals surface area contributed by atoms with E-state index in [2.05, 4.69) is 20.8 Å². The maximum Gasteiger partial charge on any atom is 0.251 e. The lowest BCUT2D eigenvalue weighted by molar-refractivity contribution is 0.198. The lowest BCUT2D eigenvalue weighted by Gasteiger charge is -2.32. The van der Waals surface area contributed by atoms with E-state index in [-0.39, 0.29) is 18.1 Å². The molecule has 0 spiro atoms. The predicted molar refractivity (Wildman–Crippen MR) is 127 cm³/mol. The van der Waals surface area contributed by atoms with Crippen LogP contribution >= 0.6 is 0 Å². The van der Waals surface area contributed by atoms with E-state index in [0.717, 1.165) is 43.7 Å². The zero-order chi connectivity index (χ0) is 23.0. The summed E-state index contributed by atoms with van der Waals surface area (Å²) >= 11 is 0. The Balaban J connectivity index is 1.49. The van der Waals surface area contributed by atoms with Crippen molar-refractivity contribution in [2.45, 2.75) is 32.2 Å². The first-order chi connectivity index (χ1) is 16.2. The standard InChI is InChI=1S/C26H28N4O3/c1-3-14-33-23-11-10-19(15-24(23)32-4-2)17-30-13-7-8-20(18-30)22-16-25(31)29-26(28-22)21-9-5-6-12-27-21/h1,5-6,9-12,15-16,20H,4,7-8,13-14,17-18H2,2H3,(H,28,29,31)/t20-/m1/s1. The highest BCUT2D eigenvalue weighted by atomic mass is 16.5. The van der Waals surface area contributed by atoms with Crippen LogP contribution in [-0.4, -0.2) is 46.2 Å². The Bertz CT molecular complexity index is 1170.